The summed E-state index contributed by atoms with van der Waals surface area (Å²) in [6, 6.07) is 15.3. The number of aromatic hydroxyl groups is 1. The van der Waals surface area contributed by atoms with Gasteiger partial charge in [-0.1, -0.05) is 49.2 Å². The Kier molecular flexibility index (Phi) is 5.92. The molecule has 0 aliphatic carbocycles. The molecule has 3 N–H and O–H groups in total. The summed E-state index contributed by atoms with van der Waals surface area (Å²) in [4.78, 5) is 8.70. The first-order valence-corrected chi connectivity index (χ1v) is 8.92. The zero-order chi connectivity index (χ0) is 18.4. The van der Waals surface area contributed by atoms with E-state index in [0.29, 0.717) is 23.3 Å². The van der Waals surface area contributed by atoms with E-state index >= 15 is 0 Å². The number of benzene rings is 2. The lowest BCUT2D eigenvalue weighted by atomic mass is 10.1. The molecule has 3 aromatic rings. The molecule has 1 heterocycles. The lowest BCUT2D eigenvalue weighted by Crippen LogP contribution is -2.05. The number of anilines is 3. The minimum absolute atomic E-state index is 0.229. The first kappa shape index (κ1) is 18.0. The second-order valence-corrected chi connectivity index (χ2v) is 6.40. The first-order valence-electron chi connectivity index (χ1n) is 8.54. The van der Waals surface area contributed by atoms with Crippen molar-refractivity contribution < 1.29 is 5.11 Å². The van der Waals surface area contributed by atoms with Crippen molar-refractivity contribution in [2.45, 2.75) is 26.3 Å². The van der Waals surface area contributed by atoms with Crippen LogP contribution in [0.25, 0.3) is 0 Å². The van der Waals surface area contributed by atoms with Gasteiger partial charge in [0.25, 0.3) is 0 Å². The number of nitrogens with zero attached hydrogens (tertiary/aromatic N) is 2. The highest BCUT2D eigenvalue weighted by molar-refractivity contribution is 6.32. The molecule has 0 radical (unpaired) electrons. The predicted molar refractivity (Wildman–Crippen MR) is 106 cm³/mol. The first-order chi connectivity index (χ1) is 12.6. The zero-order valence-electron chi connectivity index (χ0n) is 14.5. The third-order valence-corrected chi connectivity index (χ3v) is 4.11. The van der Waals surface area contributed by atoms with E-state index in [4.69, 9.17) is 11.6 Å². The standard InChI is InChI=1S/C20H21ClN4O/c1-2-5-14-6-3-8-16(10-14)24-20-23-13-18(21)19(25-20)22-12-15-7-4-9-17(26)11-15/h3-4,6-11,13,26H,2,5,12H2,1H3,(H2,22,23,24,25). The van der Waals surface area contributed by atoms with Crippen LogP contribution in [-0.2, 0) is 13.0 Å². The van der Waals surface area contributed by atoms with E-state index in [-0.39, 0.29) is 5.75 Å². The maximum absolute atomic E-state index is 9.54. The summed E-state index contributed by atoms with van der Waals surface area (Å²) in [5.41, 5.74) is 3.15. The molecule has 134 valence electrons. The highest BCUT2D eigenvalue weighted by Crippen LogP contribution is 2.23. The second-order valence-electron chi connectivity index (χ2n) is 5.99. The average Bonchev–Trinajstić information content (AvgIpc) is 2.63. The van der Waals surface area contributed by atoms with Crippen molar-refractivity contribution in [2.24, 2.45) is 0 Å². The Balaban J connectivity index is 1.72. The fourth-order valence-corrected chi connectivity index (χ4v) is 2.78. The molecule has 1 aromatic heterocycles. The van der Waals surface area contributed by atoms with Crippen LogP contribution < -0.4 is 10.6 Å². The van der Waals surface area contributed by atoms with Gasteiger partial charge in [0, 0.05) is 12.2 Å². The summed E-state index contributed by atoms with van der Waals surface area (Å²) in [6.07, 6.45) is 3.70. The Morgan fingerprint density at radius 2 is 1.88 bits per heavy atom. The summed E-state index contributed by atoms with van der Waals surface area (Å²) >= 11 is 6.20. The summed E-state index contributed by atoms with van der Waals surface area (Å²) in [7, 11) is 0. The summed E-state index contributed by atoms with van der Waals surface area (Å²) in [5, 5.41) is 16.4. The van der Waals surface area contributed by atoms with E-state index in [1.54, 1.807) is 24.4 Å². The molecule has 6 heteroatoms. The van der Waals surface area contributed by atoms with Gasteiger partial charge in [-0.15, -0.1) is 0 Å². The lowest BCUT2D eigenvalue weighted by molar-refractivity contribution is 0.474. The van der Waals surface area contributed by atoms with Crippen LogP contribution >= 0.6 is 11.6 Å². The van der Waals surface area contributed by atoms with Crippen molar-refractivity contribution >= 4 is 29.1 Å². The number of rotatable bonds is 7. The molecule has 0 amide bonds. The number of halogens is 1. The van der Waals surface area contributed by atoms with Crippen molar-refractivity contribution in [3.63, 3.8) is 0 Å². The molecule has 26 heavy (non-hydrogen) atoms. The van der Waals surface area contributed by atoms with E-state index in [0.717, 1.165) is 24.1 Å². The molecule has 0 spiro atoms. The molecule has 2 aromatic carbocycles. The van der Waals surface area contributed by atoms with Gasteiger partial charge in [0.1, 0.15) is 10.8 Å². The van der Waals surface area contributed by atoms with Crippen LogP contribution in [0, 0.1) is 0 Å². The molecular weight excluding hydrogens is 348 g/mol. The van der Waals surface area contributed by atoms with E-state index in [9.17, 15) is 5.11 Å². The third-order valence-electron chi connectivity index (χ3n) is 3.84. The van der Waals surface area contributed by atoms with Crippen LogP contribution in [0.2, 0.25) is 5.02 Å². The molecule has 5 nitrogen and oxygen atoms in total. The Morgan fingerprint density at radius 1 is 1.08 bits per heavy atom. The van der Waals surface area contributed by atoms with Gasteiger partial charge in [-0.25, -0.2) is 4.98 Å². The van der Waals surface area contributed by atoms with Crippen LogP contribution in [0.15, 0.2) is 54.7 Å². The van der Waals surface area contributed by atoms with Crippen LogP contribution in [0.4, 0.5) is 17.5 Å². The number of aryl methyl sites for hydroxylation is 1. The van der Waals surface area contributed by atoms with Gasteiger partial charge >= 0.3 is 0 Å². The fraction of sp³-hybridized carbons (Fsp3) is 0.200. The van der Waals surface area contributed by atoms with Crippen LogP contribution in [0.1, 0.15) is 24.5 Å². The van der Waals surface area contributed by atoms with E-state index in [1.165, 1.54) is 5.56 Å². The monoisotopic (exact) mass is 368 g/mol. The summed E-state index contributed by atoms with van der Waals surface area (Å²) in [6.45, 7) is 2.66. The molecule has 0 fully saturated rings. The van der Waals surface area contributed by atoms with Crippen molar-refractivity contribution in [2.75, 3.05) is 10.6 Å². The molecule has 0 bridgehead atoms. The van der Waals surface area contributed by atoms with E-state index < -0.39 is 0 Å². The SMILES string of the molecule is CCCc1cccc(Nc2ncc(Cl)c(NCc3cccc(O)c3)n2)c1. The number of aromatic nitrogens is 2. The molecule has 0 unspecified atom stereocenters. The number of hydrogen-bond donors (Lipinski definition) is 3. The van der Waals surface area contributed by atoms with E-state index in [1.807, 2.05) is 18.2 Å². The van der Waals surface area contributed by atoms with Gasteiger partial charge in [0.05, 0.1) is 6.20 Å². The van der Waals surface area contributed by atoms with Gasteiger partial charge < -0.3 is 15.7 Å². The van der Waals surface area contributed by atoms with Crippen LogP contribution in [-0.4, -0.2) is 15.1 Å². The molecule has 0 atom stereocenters. The molecule has 0 aliphatic rings. The minimum Gasteiger partial charge on any atom is -0.508 e. The van der Waals surface area contributed by atoms with Crippen molar-refractivity contribution in [1.82, 2.24) is 9.97 Å². The zero-order valence-corrected chi connectivity index (χ0v) is 15.3. The Morgan fingerprint density at radius 3 is 2.69 bits per heavy atom. The molecular formula is C20H21ClN4O. The van der Waals surface area contributed by atoms with Crippen molar-refractivity contribution in [3.05, 3.63) is 70.9 Å². The van der Waals surface area contributed by atoms with Crippen molar-refractivity contribution in [1.29, 1.82) is 0 Å². The molecule has 0 aliphatic heterocycles. The second kappa shape index (κ2) is 8.54. The quantitative estimate of drug-likeness (QED) is 0.538. The largest absolute Gasteiger partial charge is 0.508 e. The highest BCUT2D eigenvalue weighted by Gasteiger charge is 2.06. The predicted octanol–water partition coefficient (Wildman–Crippen LogP) is 5.14. The van der Waals surface area contributed by atoms with Gasteiger partial charge in [-0.3, -0.25) is 0 Å². The van der Waals surface area contributed by atoms with Crippen molar-refractivity contribution in [3.8, 4) is 5.75 Å². The van der Waals surface area contributed by atoms with Gasteiger partial charge in [0.2, 0.25) is 5.95 Å². The Hall–Kier alpha value is -2.79. The van der Waals surface area contributed by atoms with Gasteiger partial charge in [-0.05, 0) is 41.8 Å². The molecule has 0 saturated heterocycles. The normalized spacial score (nSPS) is 10.5. The summed E-state index contributed by atoms with van der Waals surface area (Å²) in [5.74, 6) is 1.24. The topological polar surface area (TPSA) is 70.1 Å². The third kappa shape index (κ3) is 4.86. The number of phenolic OH excluding ortho intramolecular Hbond substituents is 1. The molecule has 3 rings (SSSR count). The fourth-order valence-electron chi connectivity index (χ4n) is 2.63. The smallest absolute Gasteiger partial charge is 0.229 e. The van der Waals surface area contributed by atoms with E-state index in [2.05, 4.69) is 39.7 Å². The number of phenols is 1. The van der Waals surface area contributed by atoms with Crippen LogP contribution in [0.5, 0.6) is 5.75 Å². The summed E-state index contributed by atoms with van der Waals surface area (Å²) < 4.78 is 0. The number of nitrogens with one attached hydrogen (secondary N) is 2. The Labute approximate surface area is 158 Å². The van der Waals surface area contributed by atoms with Crippen LogP contribution in [0.3, 0.4) is 0 Å². The maximum Gasteiger partial charge on any atom is 0.229 e. The average molecular weight is 369 g/mol. The Bertz CT molecular complexity index is 885. The minimum atomic E-state index is 0.229. The number of hydrogen-bond acceptors (Lipinski definition) is 5. The molecule has 0 saturated carbocycles. The van der Waals surface area contributed by atoms with Gasteiger partial charge in [0.15, 0.2) is 5.82 Å². The maximum atomic E-state index is 9.54. The van der Waals surface area contributed by atoms with Gasteiger partial charge in [-0.2, -0.15) is 4.98 Å². The lowest BCUT2D eigenvalue weighted by Gasteiger charge is -2.11. The highest BCUT2D eigenvalue weighted by atomic mass is 35.5.